The first-order valence-corrected chi connectivity index (χ1v) is 10.2. The van der Waals surface area contributed by atoms with Gasteiger partial charge in [0.2, 0.25) is 5.78 Å². The van der Waals surface area contributed by atoms with E-state index in [-0.39, 0.29) is 28.3 Å². The lowest BCUT2D eigenvalue weighted by atomic mass is 9.77. The van der Waals surface area contributed by atoms with Crippen LogP contribution in [0.1, 0.15) is 22.9 Å². The first kappa shape index (κ1) is 24.0. The molecule has 0 aliphatic carbocycles. The van der Waals surface area contributed by atoms with E-state index >= 15 is 0 Å². The maximum absolute atomic E-state index is 13.6. The van der Waals surface area contributed by atoms with Crippen LogP contribution in [0.2, 0.25) is 0 Å². The predicted molar refractivity (Wildman–Crippen MR) is 115 cm³/mol. The van der Waals surface area contributed by atoms with Gasteiger partial charge in [-0.1, -0.05) is 42.0 Å². The summed E-state index contributed by atoms with van der Waals surface area (Å²) in [5.41, 5.74) is -2.10. The van der Waals surface area contributed by atoms with Gasteiger partial charge in [-0.25, -0.2) is 4.79 Å². The number of non-ortho nitro benzene ring substituents is 1. The molecule has 3 aromatic rings. The highest BCUT2D eigenvalue weighted by molar-refractivity contribution is 5.91. The molecule has 4 rings (SSSR count). The molecule has 2 aromatic carbocycles. The molecule has 3 N–H and O–H groups in total. The average Bonchev–Trinajstić information content (AvgIpc) is 3.28. The molecule has 3 unspecified atom stereocenters. The summed E-state index contributed by atoms with van der Waals surface area (Å²) in [5.74, 6) is -4.75. The summed E-state index contributed by atoms with van der Waals surface area (Å²) in [5, 5.41) is 26.7. The Balaban J connectivity index is 1.81. The van der Waals surface area contributed by atoms with E-state index in [0.717, 1.165) is 5.56 Å². The Morgan fingerprint density at radius 2 is 1.83 bits per heavy atom. The Morgan fingerprint density at radius 1 is 1.14 bits per heavy atom. The normalized spacial score (nSPS) is 22.3. The smallest absolute Gasteiger partial charge is 0.450 e. The number of benzene rings is 2. The second-order valence-corrected chi connectivity index (χ2v) is 8.06. The van der Waals surface area contributed by atoms with Crippen molar-refractivity contribution >= 4 is 17.5 Å². The molecule has 1 saturated heterocycles. The average molecular weight is 489 g/mol. The maximum atomic E-state index is 13.6. The number of aryl methyl sites for hydroxylation is 1. The second-order valence-electron chi connectivity index (χ2n) is 8.06. The van der Waals surface area contributed by atoms with Gasteiger partial charge in [-0.05, 0) is 19.1 Å². The van der Waals surface area contributed by atoms with Gasteiger partial charge >= 0.3 is 12.2 Å². The summed E-state index contributed by atoms with van der Waals surface area (Å²) in [6, 6.07) is 10.8. The number of halogens is 3. The van der Waals surface area contributed by atoms with Gasteiger partial charge in [0.05, 0.1) is 4.92 Å². The van der Waals surface area contributed by atoms with Crippen molar-refractivity contribution in [1.82, 2.24) is 10.6 Å². The van der Waals surface area contributed by atoms with Crippen molar-refractivity contribution < 1.29 is 37.2 Å². The van der Waals surface area contributed by atoms with Gasteiger partial charge in [0.25, 0.3) is 5.69 Å². The number of nitrogens with zero attached hydrogens (tertiary/aromatic N) is 1. The third-order valence-electron chi connectivity index (χ3n) is 5.70. The van der Waals surface area contributed by atoms with E-state index in [1.807, 2.05) is 0 Å². The van der Waals surface area contributed by atoms with E-state index in [1.165, 1.54) is 60.7 Å². The number of nitrogens with one attached hydrogen (secondary N) is 2. The van der Waals surface area contributed by atoms with Crippen LogP contribution in [0.5, 0.6) is 0 Å². The minimum Gasteiger partial charge on any atom is -0.459 e. The number of carbonyl (C=O) groups is 2. The summed E-state index contributed by atoms with van der Waals surface area (Å²) < 4.78 is 46.6. The van der Waals surface area contributed by atoms with Gasteiger partial charge in [0.1, 0.15) is 23.5 Å². The minimum atomic E-state index is -5.35. The molecule has 1 fully saturated rings. The number of ketones is 1. The number of alkyl halides is 3. The summed E-state index contributed by atoms with van der Waals surface area (Å²) >= 11 is 0. The number of nitro benzene ring substituents is 1. The van der Waals surface area contributed by atoms with Crippen molar-refractivity contribution in [2.24, 2.45) is 5.92 Å². The van der Waals surface area contributed by atoms with Gasteiger partial charge in [0.15, 0.2) is 5.72 Å². The Labute approximate surface area is 195 Å². The standard InChI is InChI=1S/C23H18F3N3O6/c1-12-5-7-14(8-6-12)22(32)18(20(30)23(24,25)26)19(27-21(31)28-22)17-10-9-16(35-17)13-3-2-4-15(11-13)29(33)34/h2-11,18-19,32H,1H3,(H2,27,28,31). The molecule has 0 bridgehead atoms. The lowest BCUT2D eigenvalue weighted by molar-refractivity contribution is -0.384. The molecule has 0 radical (unpaired) electrons. The van der Waals surface area contributed by atoms with Crippen LogP contribution in [0.15, 0.2) is 65.1 Å². The molecule has 2 heterocycles. The third kappa shape index (κ3) is 4.47. The Bertz CT molecular complexity index is 1300. The first-order chi connectivity index (χ1) is 16.4. The molecule has 3 atom stereocenters. The van der Waals surface area contributed by atoms with Gasteiger partial charge in [0, 0.05) is 23.3 Å². The quantitative estimate of drug-likeness (QED) is 0.365. The van der Waals surface area contributed by atoms with Gasteiger partial charge < -0.3 is 20.2 Å². The van der Waals surface area contributed by atoms with Gasteiger partial charge in [-0.3, -0.25) is 14.9 Å². The summed E-state index contributed by atoms with van der Waals surface area (Å²) in [7, 11) is 0. The molecule has 35 heavy (non-hydrogen) atoms. The van der Waals surface area contributed by atoms with Crippen molar-refractivity contribution in [2.45, 2.75) is 24.9 Å². The maximum Gasteiger partial charge on any atom is 0.450 e. The highest BCUT2D eigenvalue weighted by Crippen LogP contribution is 2.44. The fourth-order valence-electron chi connectivity index (χ4n) is 4.01. The molecular weight excluding hydrogens is 471 g/mol. The number of urea groups is 1. The lowest BCUT2D eigenvalue weighted by Gasteiger charge is -2.44. The number of rotatable bonds is 5. The second kappa shape index (κ2) is 8.55. The van der Waals surface area contributed by atoms with Crippen LogP contribution in [0.4, 0.5) is 23.7 Å². The monoisotopic (exact) mass is 489 g/mol. The summed E-state index contributed by atoms with van der Waals surface area (Å²) in [6.45, 7) is 1.72. The molecule has 1 aliphatic heterocycles. The van der Waals surface area contributed by atoms with Gasteiger partial charge in [-0.15, -0.1) is 0 Å². The van der Waals surface area contributed by atoms with Crippen molar-refractivity contribution in [3.63, 3.8) is 0 Å². The van der Waals surface area contributed by atoms with Crippen LogP contribution in [-0.4, -0.2) is 28.0 Å². The molecular formula is C23H18F3N3O6. The fraction of sp³-hybridized carbons (Fsp3) is 0.217. The minimum absolute atomic E-state index is 0.0496. The molecule has 0 spiro atoms. The zero-order valence-corrected chi connectivity index (χ0v) is 18.0. The number of nitro groups is 1. The number of hydrogen-bond donors (Lipinski definition) is 3. The Kier molecular flexibility index (Phi) is 5.85. The zero-order chi connectivity index (χ0) is 25.5. The SMILES string of the molecule is Cc1ccc(C2(O)NC(=O)NC(c3ccc(-c4cccc([N+](=O)[O-])c4)o3)C2C(=O)C(F)(F)F)cc1. The molecule has 2 amide bonds. The molecule has 12 heteroatoms. The van der Waals surface area contributed by atoms with Crippen LogP contribution >= 0.6 is 0 Å². The number of hydrogen-bond acceptors (Lipinski definition) is 6. The van der Waals surface area contributed by atoms with Crippen molar-refractivity contribution in [1.29, 1.82) is 0 Å². The van der Waals surface area contributed by atoms with E-state index < -0.39 is 40.6 Å². The third-order valence-corrected chi connectivity index (χ3v) is 5.70. The number of furan rings is 1. The van der Waals surface area contributed by atoms with Crippen LogP contribution in [0, 0.1) is 23.0 Å². The summed E-state index contributed by atoms with van der Waals surface area (Å²) in [4.78, 5) is 35.4. The number of carbonyl (C=O) groups excluding carboxylic acids is 2. The van der Waals surface area contributed by atoms with Crippen molar-refractivity contribution in [3.8, 4) is 11.3 Å². The molecule has 1 aliphatic rings. The molecule has 9 nitrogen and oxygen atoms in total. The molecule has 1 aromatic heterocycles. The highest BCUT2D eigenvalue weighted by atomic mass is 19.4. The Hall–Kier alpha value is -4.19. The predicted octanol–water partition coefficient (Wildman–Crippen LogP) is 4.11. The van der Waals surface area contributed by atoms with Crippen LogP contribution in [0.25, 0.3) is 11.3 Å². The van der Waals surface area contributed by atoms with E-state index in [4.69, 9.17) is 4.42 Å². The zero-order valence-electron chi connectivity index (χ0n) is 18.0. The topological polar surface area (TPSA) is 135 Å². The van der Waals surface area contributed by atoms with Crippen molar-refractivity contribution in [3.05, 3.63) is 87.7 Å². The van der Waals surface area contributed by atoms with E-state index in [9.17, 15) is 38.0 Å². The first-order valence-electron chi connectivity index (χ1n) is 10.2. The van der Waals surface area contributed by atoms with E-state index in [0.29, 0.717) is 0 Å². The van der Waals surface area contributed by atoms with Crippen LogP contribution in [0.3, 0.4) is 0 Å². The van der Waals surface area contributed by atoms with Crippen molar-refractivity contribution in [2.75, 3.05) is 0 Å². The highest BCUT2D eigenvalue weighted by Gasteiger charge is 2.60. The molecule has 182 valence electrons. The fourth-order valence-corrected chi connectivity index (χ4v) is 4.01. The number of Topliss-reactive ketones (excluding diaryl/α,β-unsaturated/α-hetero) is 1. The van der Waals surface area contributed by atoms with E-state index in [1.54, 1.807) is 6.92 Å². The Morgan fingerprint density at radius 3 is 2.46 bits per heavy atom. The van der Waals surface area contributed by atoms with Gasteiger partial charge in [-0.2, -0.15) is 13.2 Å². The molecule has 0 saturated carbocycles. The van der Waals surface area contributed by atoms with Crippen LogP contribution in [-0.2, 0) is 10.5 Å². The van der Waals surface area contributed by atoms with E-state index in [2.05, 4.69) is 10.6 Å². The number of aliphatic hydroxyl groups is 1. The van der Waals surface area contributed by atoms with Crippen LogP contribution < -0.4 is 10.6 Å². The largest absolute Gasteiger partial charge is 0.459 e. The lowest BCUT2D eigenvalue weighted by Crippen LogP contribution is -2.66. The number of amides is 2. The summed E-state index contributed by atoms with van der Waals surface area (Å²) in [6.07, 6.45) is -5.35.